The van der Waals surface area contributed by atoms with Crippen LogP contribution < -0.4 is 14.2 Å². The third-order valence-corrected chi connectivity index (χ3v) is 8.07. The number of aryl methyl sites for hydroxylation is 2. The Morgan fingerprint density at radius 2 is 1.24 bits per heavy atom. The summed E-state index contributed by atoms with van der Waals surface area (Å²) in [5, 5.41) is 8.62. The predicted octanol–water partition coefficient (Wildman–Crippen LogP) is 10.3. The highest BCUT2D eigenvalue weighted by Gasteiger charge is 2.14. The SMILES string of the molecule is CCCc1ccc(/N=N/c2ccc(OC(=O)c3ccc(OC(=O)c4ccc(OCCCCCCOC(=O)C(C)CC)cc4)cc3)c(C)c2)cc1. The van der Waals surface area contributed by atoms with E-state index in [4.69, 9.17) is 18.9 Å². The van der Waals surface area contributed by atoms with E-state index in [1.807, 2.05) is 32.9 Å². The van der Waals surface area contributed by atoms with Crippen LogP contribution in [-0.4, -0.2) is 31.1 Å². The van der Waals surface area contributed by atoms with Gasteiger partial charge < -0.3 is 18.9 Å². The number of esters is 3. The first-order chi connectivity index (χ1) is 24.2. The highest BCUT2D eigenvalue weighted by atomic mass is 16.5. The highest BCUT2D eigenvalue weighted by Crippen LogP contribution is 2.27. The molecule has 9 heteroatoms. The predicted molar refractivity (Wildman–Crippen MR) is 193 cm³/mol. The average Bonchev–Trinajstić information content (AvgIpc) is 3.13. The lowest BCUT2D eigenvalue weighted by molar-refractivity contribution is -0.148. The molecule has 4 aromatic carbocycles. The lowest BCUT2D eigenvalue weighted by Gasteiger charge is -2.10. The van der Waals surface area contributed by atoms with E-state index in [9.17, 15) is 14.4 Å². The fourth-order valence-electron chi connectivity index (χ4n) is 4.84. The summed E-state index contributed by atoms with van der Waals surface area (Å²) in [7, 11) is 0. The zero-order chi connectivity index (χ0) is 35.7. The lowest BCUT2D eigenvalue weighted by atomic mass is 10.1. The van der Waals surface area contributed by atoms with Gasteiger partial charge in [-0.3, -0.25) is 4.79 Å². The van der Waals surface area contributed by atoms with Crippen LogP contribution in [0, 0.1) is 12.8 Å². The normalized spacial score (nSPS) is 11.6. The molecule has 0 bridgehead atoms. The molecule has 0 heterocycles. The van der Waals surface area contributed by atoms with E-state index in [0.717, 1.165) is 56.2 Å². The number of ether oxygens (including phenoxy) is 4. The first-order valence-electron chi connectivity index (χ1n) is 17.3. The van der Waals surface area contributed by atoms with Gasteiger partial charge in [0.1, 0.15) is 17.2 Å². The van der Waals surface area contributed by atoms with Gasteiger partial charge in [0.2, 0.25) is 0 Å². The molecule has 0 aliphatic carbocycles. The number of carbonyl (C=O) groups is 3. The molecule has 0 radical (unpaired) electrons. The van der Waals surface area contributed by atoms with Gasteiger partial charge in [-0.25, -0.2) is 9.59 Å². The molecular weight excluding hydrogens is 632 g/mol. The Morgan fingerprint density at radius 3 is 1.86 bits per heavy atom. The monoisotopic (exact) mass is 678 g/mol. The molecule has 1 unspecified atom stereocenters. The topological polar surface area (TPSA) is 113 Å². The van der Waals surface area contributed by atoms with Crippen molar-refractivity contribution in [1.29, 1.82) is 0 Å². The van der Waals surface area contributed by atoms with Crippen molar-refractivity contribution in [2.24, 2.45) is 16.1 Å². The number of hydrogen-bond donors (Lipinski definition) is 0. The molecule has 0 N–H and O–H groups in total. The standard InChI is InChI=1S/C41H46N2O7/c1-5-11-31-12-18-34(19-13-31)42-43-35-20-25-38(30(4)28-35)50-41(46)33-16-23-37(24-17-33)49-40(45)32-14-21-36(22-15-32)47-26-9-7-8-10-27-48-39(44)29(3)6-2/h12-25,28-29H,5-11,26-27H2,1-4H3/b43-42+. The Kier molecular flexibility index (Phi) is 14.7. The Balaban J connectivity index is 1.18. The summed E-state index contributed by atoms with van der Waals surface area (Å²) < 4.78 is 22.2. The van der Waals surface area contributed by atoms with E-state index in [-0.39, 0.29) is 11.9 Å². The fraction of sp³-hybridized carbons (Fsp3) is 0.341. The van der Waals surface area contributed by atoms with Crippen molar-refractivity contribution in [3.8, 4) is 17.2 Å². The van der Waals surface area contributed by atoms with E-state index in [1.54, 1.807) is 66.7 Å². The summed E-state index contributed by atoms with van der Waals surface area (Å²) >= 11 is 0. The number of rotatable bonds is 18. The van der Waals surface area contributed by atoms with Crippen LogP contribution in [0.2, 0.25) is 0 Å². The van der Waals surface area contributed by atoms with Gasteiger partial charge in [-0.15, -0.1) is 0 Å². The van der Waals surface area contributed by atoms with Gasteiger partial charge >= 0.3 is 17.9 Å². The fourth-order valence-corrected chi connectivity index (χ4v) is 4.84. The Labute approximate surface area is 294 Å². The minimum atomic E-state index is -0.536. The van der Waals surface area contributed by atoms with Gasteiger partial charge in [0.15, 0.2) is 0 Å². The first kappa shape index (κ1) is 37.5. The molecule has 0 saturated heterocycles. The summed E-state index contributed by atoms with van der Waals surface area (Å²) in [5.41, 5.74) is 4.11. The molecule has 0 aromatic heterocycles. The van der Waals surface area contributed by atoms with Crippen molar-refractivity contribution in [2.45, 2.75) is 72.6 Å². The molecule has 0 amide bonds. The van der Waals surface area contributed by atoms with Crippen LogP contribution in [0.5, 0.6) is 17.2 Å². The maximum absolute atomic E-state index is 12.8. The molecule has 1 atom stereocenters. The first-order valence-corrected chi connectivity index (χ1v) is 17.3. The maximum atomic E-state index is 12.8. The maximum Gasteiger partial charge on any atom is 0.343 e. The molecule has 262 valence electrons. The van der Waals surface area contributed by atoms with Gasteiger partial charge in [-0.1, -0.05) is 39.3 Å². The highest BCUT2D eigenvalue weighted by molar-refractivity contribution is 5.93. The second-order valence-corrected chi connectivity index (χ2v) is 12.1. The number of benzene rings is 4. The van der Waals surface area contributed by atoms with E-state index < -0.39 is 11.9 Å². The number of hydrogen-bond acceptors (Lipinski definition) is 9. The third-order valence-electron chi connectivity index (χ3n) is 8.07. The van der Waals surface area contributed by atoms with Crippen LogP contribution in [-0.2, 0) is 16.0 Å². The zero-order valence-corrected chi connectivity index (χ0v) is 29.4. The molecular formula is C41H46N2O7. The number of carbonyl (C=O) groups excluding carboxylic acids is 3. The van der Waals surface area contributed by atoms with E-state index in [2.05, 4.69) is 29.3 Å². The summed E-state index contributed by atoms with van der Waals surface area (Å²) in [6, 6.07) is 26.2. The van der Waals surface area contributed by atoms with Crippen molar-refractivity contribution in [3.05, 3.63) is 113 Å². The van der Waals surface area contributed by atoms with Gasteiger partial charge in [0, 0.05) is 0 Å². The Hall–Kier alpha value is -5.31. The van der Waals surface area contributed by atoms with Crippen molar-refractivity contribution in [1.82, 2.24) is 0 Å². The van der Waals surface area contributed by atoms with Crippen LogP contribution >= 0.6 is 0 Å². The van der Waals surface area contributed by atoms with Crippen LogP contribution in [0.25, 0.3) is 0 Å². The molecule has 50 heavy (non-hydrogen) atoms. The zero-order valence-electron chi connectivity index (χ0n) is 29.4. The van der Waals surface area contributed by atoms with E-state index in [1.165, 1.54) is 5.56 Å². The van der Waals surface area contributed by atoms with Gasteiger partial charge in [-0.05, 0) is 135 Å². The molecule has 0 spiro atoms. The smallest absolute Gasteiger partial charge is 0.343 e. The molecule has 9 nitrogen and oxygen atoms in total. The van der Waals surface area contributed by atoms with Crippen LogP contribution in [0.3, 0.4) is 0 Å². The summed E-state index contributed by atoms with van der Waals surface area (Å²) in [6.07, 6.45) is 6.56. The largest absolute Gasteiger partial charge is 0.494 e. The number of unbranched alkanes of at least 4 members (excludes halogenated alkanes) is 3. The van der Waals surface area contributed by atoms with Crippen molar-refractivity contribution in [3.63, 3.8) is 0 Å². The molecule has 4 aromatic rings. The van der Waals surface area contributed by atoms with Crippen LogP contribution in [0.4, 0.5) is 11.4 Å². The second kappa shape index (κ2) is 19.6. The van der Waals surface area contributed by atoms with E-state index in [0.29, 0.717) is 47.3 Å². The Morgan fingerprint density at radius 1 is 0.660 bits per heavy atom. The van der Waals surface area contributed by atoms with Crippen LogP contribution in [0.15, 0.2) is 101 Å². The number of nitrogens with zero attached hydrogens (tertiary/aromatic N) is 2. The molecule has 0 saturated carbocycles. The molecule has 0 fully saturated rings. The summed E-state index contributed by atoms with van der Waals surface area (Å²) in [6.45, 7) is 8.84. The van der Waals surface area contributed by atoms with Crippen LogP contribution in [0.1, 0.15) is 91.1 Å². The van der Waals surface area contributed by atoms with Gasteiger partial charge in [0.25, 0.3) is 0 Å². The quantitative estimate of drug-likeness (QED) is 0.0445. The molecule has 0 aliphatic heterocycles. The number of azo groups is 1. The van der Waals surface area contributed by atoms with Gasteiger partial charge in [0.05, 0.1) is 41.6 Å². The van der Waals surface area contributed by atoms with Crippen molar-refractivity contribution >= 4 is 29.3 Å². The van der Waals surface area contributed by atoms with Gasteiger partial charge in [-0.2, -0.15) is 10.2 Å². The second-order valence-electron chi connectivity index (χ2n) is 12.1. The molecule has 4 rings (SSSR count). The third kappa shape index (κ3) is 12.0. The molecule has 0 aliphatic rings. The Bertz CT molecular complexity index is 1720. The van der Waals surface area contributed by atoms with Crippen molar-refractivity contribution < 1.29 is 33.3 Å². The van der Waals surface area contributed by atoms with Crippen molar-refractivity contribution in [2.75, 3.05) is 13.2 Å². The minimum Gasteiger partial charge on any atom is -0.494 e. The average molecular weight is 679 g/mol. The summed E-state index contributed by atoms with van der Waals surface area (Å²) in [4.78, 5) is 37.2. The summed E-state index contributed by atoms with van der Waals surface area (Å²) in [5.74, 6) is 0.135. The lowest BCUT2D eigenvalue weighted by Crippen LogP contribution is -2.14. The minimum absolute atomic E-state index is 0.0495. The van der Waals surface area contributed by atoms with E-state index >= 15 is 0 Å².